The summed E-state index contributed by atoms with van der Waals surface area (Å²) in [7, 11) is 0. The number of aryl methyl sites for hydroxylation is 1. The Morgan fingerprint density at radius 1 is 1.42 bits per heavy atom. The van der Waals surface area contributed by atoms with Crippen molar-refractivity contribution in [3.05, 3.63) is 35.3 Å². The number of benzene rings is 1. The van der Waals surface area contributed by atoms with Crippen LogP contribution in [0.25, 0.3) is 11.0 Å². The molecular formula is C18H21FN2O3. The number of furan rings is 1. The Bertz CT molecular complexity index is 784. The molecule has 0 spiro atoms. The first-order valence-corrected chi connectivity index (χ1v) is 8.27. The maximum absolute atomic E-state index is 13.4. The molecule has 5 nitrogen and oxygen atoms in total. The largest absolute Gasteiger partial charge is 0.451 e. The summed E-state index contributed by atoms with van der Waals surface area (Å²) in [5, 5.41) is 3.42. The van der Waals surface area contributed by atoms with Crippen LogP contribution in [0.2, 0.25) is 0 Å². The Morgan fingerprint density at radius 2 is 2.21 bits per heavy atom. The fourth-order valence-electron chi connectivity index (χ4n) is 3.23. The van der Waals surface area contributed by atoms with Gasteiger partial charge in [0.15, 0.2) is 5.76 Å². The minimum atomic E-state index is -0.361. The summed E-state index contributed by atoms with van der Waals surface area (Å²) in [5.74, 6) is -0.576. The maximum Gasteiger partial charge on any atom is 0.289 e. The number of rotatable bonds is 3. The molecule has 1 aliphatic heterocycles. The normalized spacial score (nSPS) is 18.0. The standard InChI is InChI=1S/C18H21FN2O3/c1-3-20-17(22)12-5-4-8-21(10-12)18(23)16-11(2)14-9-13(19)6-7-15(14)24-16/h6-7,9,12H,3-5,8,10H2,1-2H3,(H,20,22)/t12-/m0/s1. The molecule has 1 saturated heterocycles. The van der Waals surface area contributed by atoms with E-state index in [9.17, 15) is 14.0 Å². The minimum Gasteiger partial charge on any atom is -0.451 e. The van der Waals surface area contributed by atoms with Crippen LogP contribution in [-0.2, 0) is 4.79 Å². The van der Waals surface area contributed by atoms with Crippen LogP contribution in [0.1, 0.15) is 35.9 Å². The number of halogens is 1. The summed E-state index contributed by atoms with van der Waals surface area (Å²) in [4.78, 5) is 26.5. The average Bonchev–Trinajstić information content (AvgIpc) is 2.91. The van der Waals surface area contributed by atoms with E-state index in [1.807, 2.05) is 6.92 Å². The molecule has 24 heavy (non-hydrogen) atoms. The average molecular weight is 332 g/mol. The Balaban J connectivity index is 1.83. The van der Waals surface area contributed by atoms with Gasteiger partial charge in [0.25, 0.3) is 5.91 Å². The minimum absolute atomic E-state index is 0.0154. The van der Waals surface area contributed by atoms with Crippen molar-refractivity contribution in [1.82, 2.24) is 10.2 Å². The number of hydrogen-bond acceptors (Lipinski definition) is 3. The molecule has 1 aromatic carbocycles. The Kier molecular flexibility index (Phi) is 4.55. The molecule has 0 bridgehead atoms. The van der Waals surface area contributed by atoms with Gasteiger partial charge in [-0.15, -0.1) is 0 Å². The number of amides is 2. The van der Waals surface area contributed by atoms with Crippen molar-refractivity contribution in [3.63, 3.8) is 0 Å². The molecule has 0 radical (unpaired) electrons. The molecule has 2 aromatic rings. The number of nitrogens with zero attached hydrogens (tertiary/aromatic N) is 1. The molecule has 1 aromatic heterocycles. The van der Waals surface area contributed by atoms with Gasteiger partial charge in [0.2, 0.25) is 5.91 Å². The molecule has 0 saturated carbocycles. The van der Waals surface area contributed by atoms with Crippen molar-refractivity contribution in [1.29, 1.82) is 0 Å². The number of carbonyl (C=O) groups is 2. The highest BCUT2D eigenvalue weighted by Gasteiger charge is 2.31. The molecular weight excluding hydrogens is 311 g/mol. The lowest BCUT2D eigenvalue weighted by molar-refractivity contribution is -0.126. The summed E-state index contributed by atoms with van der Waals surface area (Å²) in [6, 6.07) is 4.21. The quantitative estimate of drug-likeness (QED) is 0.940. The monoisotopic (exact) mass is 332 g/mol. The number of nitrogens with one attached hydrogen (secondary N) is 1. The maximum atomic E-state index is 13.4. The lowest BCUT2D eigenvalue weighted by atomic mass is 9.96. The molecule has 2 amide bonds. The zero-order valence-corrected chi connectivity index (χ0v) is 13.9. The van der Waals surface area contributed by atoms with E-state index >= 15 is 0 Å². The van der Waals surface area contributed by atoms with E-state index in [2.05, 4.69) is 5.32 Å². The highest BCUT2D eigenvalue weighted by molar-refractivity contribution is 5.99. The first-order valence-electron chi connectivity index (χ1n) is 8.27. The van der Waals surface area contributed by atoms with E-state index in [0.717, 1.165) is 12.8 Å². The van der Waals surface area contributed by atoms with Crippen LogP contribution < -0.4 is 5.32 Å². The molecule has 3 rings (SSSR count). The van der Waals surface area contributed by atoms with Crippen molar-refractivity contribution < 1.29 is 18.4 Å². The predicted octanol–water partition coefficient (Wildman–Crippen LogP) is 2.87. The smallest absolute Gasteiger partial charge is 0.289 e. The number of hydrogen-bond donors (Lipinski definition) is 1. The van der Waals surface area contributed by atoms with Gasteiger partial charge in [0.1, 0.15) is 11.4 Å². The third kappa shape index (κ3) is 3.00. The van der Waals surface area contributed by atoms with Crippen molar-refractivity contribution in [2.75, 3.05) is 19.6 Å². The molecule has 1 N–H and O–H groups in total. The van der Waals surface area contributed by atoms with E-state index in [4.69, 9.17) is 4.42 Å². The van der Waals surface area contributed by atoms with E-state index in [0.29, 0.717) is 36.2 Å². The van der Waals surface area contributed by atoms with E-state index < -0.39 is 0 Å². The van der Waals surface area contributed by atoms with E-state index in [1.165, 1.54) is 18.2 Å². The first kappa shape index (κ1) is 16.5. The van der Waals surface area contributed by atoms with Gasteiger partial charge in [0, 0.05) is 30.6 Å². The second-order valence-corrected chi connectivity index (χ2v) is 6.18. The molecule has 6 heteroatoms. The summed E-state index contributed by atoms with van der Waals surface area (Å²) in [6.45, 7) is 5.19. The van der Waals surface area contributed by atoms with E-state index in [1.54, 1.807) is 11.8 Å². The second-order valence-electron chi connectivity index (χ2n) is 6.18. The van der Waals surface area contributed by atoms with Gasteiger partial charge < -0.3 is 14.6 Å². The van der Waals surface area contributed by atoms with Crippen LogP contribution in [0, 0.1) is 18.7 Å². The highest BCUT2D eigenvalue weighted by atomic mass is 19.1. The predicted molar refractivity (Wildman–Crippen MR) is 88.2 cm³/mol. The lowest BCUT2D eigenvalue weighted by Gasteiger charge is -2.31. The Labute approximate surface area is 139 Å². The van der Waals surface area contributed by atoms with Gasteiger partial charge in [-0.05, 0) is 44.9 Å². The van der Waals surface area contributed by atoms with Gasteiger partial charge in [-0.2, -0.15) is 0 Å². The molecule has 2 heterocycles. The molecule has 128 valence electrons. The van der Waals surface area contributed by atoms with Gasteiger partial charge in [-0.1, -0.05) is 0 Å². The molecule has 0 unspecified atom stereocenters. The zero-order chi connectivity index (χ0) is 17.3. The third-order valence-corrected chi connectivity index (χ3v) is 4.52. The fraction of sp³-hybridized carbons (Fsp3) is 0.444. The topological polar surface area (TPSA) is 62.6 Å². The number of fused-ring (bicyclic) bond motifs is 1. The van der Waals surface area contributed by atoms with Crippen molar-refractivity contribution in [2.24, 2.45) is 5.92 Å². The highest BCUT2D eigenvalue weighted by Crippen LogP contribution is 2.28. The Morgan fingerprint density at radius 3 is 2.96 bits per heavy atom. The Hall–Kier alpha value is -2.37. The number of carbonyl (C=O) groups excluding carboxylic acids is 2. The molecule has 1 atom stereocenters. The van der Waals surface area contributed by atoms with Gasteiger partial charge in [0.05, 0.1) is 5.92 Å². The second kappa shape index (κ2) is 6.63. The van der Waals surface area contributed by atoms with Crippen molar-refractivity contribution in [3.8, 4) is 0 Å². The zero-order valence-electron chi connectivity index (χ0n) is 13.9. The third-order valence-electron chi connectivity index (χ3n) is 4.52. The molecule has 1 fully saturated rings. The number of piperidine rings is 1. The van der Waals surface area contributed by atoms with Crippen LogP contribution in [0.4, 0.5) is 4.39 Å². The summed E-state index contributed by atoms with van der Waals surface area (Å²) < 4.78 is 19.1. The van der Waals surface area contributed by atoms with Crippen molar-refractivity contribution >= 4 is 22.8 Å². The van der Waals surface area contributed by atoms with Gasteiger partial charge in [-0.3, -0.25) is 9.59 Å². The molecule has 0 aliphatic carbocycles. The van der Waals surface area contributed by atoms with Crippen LogP contribution in [0.15, 0.2) is 22.6 Å². The fourth-order valence-corrected chi connectivity index (χ4v) is 3.23. The van der Waals surface area contributed by atoms with Crippen LogP contribution in [-0.4, -0.2) is 36.3 Å². The van der Waals surface area contributed by atoms with Crippen molar-refractivity contribution in [2.45, 2.75) is 26.7 Å². The van der Waals surface area contributed by atoms with Crippen LogP contribution >= 0.6 is 0 Å². The van der Waals surface area contributed by atoms with Crippen LogP contribution in [0.3, 0.4) is 0 Å². The number of likely N-dealkylation sites (tertiary alicyclic amines) is 1. The van der Waals surface area contributed by atoms with Gasteiger partial charge >= 0.3 is 0 Å². The first-order chi connectivity index (χ1) is 11.5. The SMILES string of the molecule is CCNC(=O)[C@H]1CCCN(C(=O)c2oc3ccc(F)cc3c2C)C1. The lowest BCUT2D eigenvalue weighted by Crippen LogP contribution is -2.45. The molecule has 1 aliphatic rings. The van der Waals surface area contributed by atoms with E-state index in [-0.39, 0.29) is 29.3 Å². The summed E-state index contributed by atoms with van der Waals surface area (Å²) >= 11 is 0. The van der Waals surface area contributed by atoms with Gasteiger partial charge in [-0.25, -0.2) is 4.39 Å². The summed E-state index contributed by atoms with van der Waals surface area (Å²) in [6.07, 6.45) is 1.56. The van der Waals surface area contributed by atoms with Crippen LogP contribution in [0.5, 0.6) is 0 Å². The summed E-state index contributed by atoms with van der Waals surface area (Å²) in [5.41, 5.74) is 1.13.